The summed E-state index contributed by atoms with van der Waals surface area (Å²) in [5.74, 6) is 0.548. The minimum absolute atomic E-state index is 0.146. The van der Waals surface area contributed by atoms with E-state index in [2.05, 4.69) is 10.2 Å². The van der Waals surface area contributed by atoms with Crippen molar-refractivity contribution in [2.45, 2.75) is 24.8 Å². The molecule has 0 N–H and O–H groups in total. The molecule has 0 aliphatic heterocycles. The third-order valence-electron chi connectivity index (χ3n) is 5.37. The third-order valence-corrected chi connectivity index (χ3v) is 6.70. The molecule has 160 valence electrons. The predicted molar refractivity (Wildman–Crippen MR) is 127 cm³/mol. The van der Waals surface area contributed by atoms with Crippen molar-refractivity contribution in [1.29, 1.82) is 0 Å². The second kappa shape index (κ2) is 8.07. The van der Waals surface area contributed by atoms with Gasteiger partial charge in [-0.3, -0.25) is 9.20 Å². The molecule has 0 aliphatic rings. The number of benzene rings is 3. The van der Waals surface area contributed by atoms with E-state index in [0.717, 1.165) is 27.9 Å². The van der Waals surface area contributed by atoms with Crippen molar-refractivity contribution in [1.82, 2.24) is 19.2 Å². The average molecular weight is 465 g/mol. The first kappa shape index (κ1) is 20.7. The van der Waals surface area contributed by atoms with E-state index < -0.39 is 0 Å². The number of aromatic nitrogens is 4. The first-order valence-corrected chi connectivity index (χ1v) is 11.3. The van der Waals surface area contributed by atoms with Gasteiger partial charge in [-0.25, -0.2) is 8.96 Å². The number of aryl methyl sites for hydroxylation is 2. The Balaban J connectivity index is 1.73. The molecule has 5 rings (SSSR count). The molecular weight excluding hydrogens is 447 g/mol. The van der Waals surface area contributed by atoms with E-state index in [-0.39, 0.29) is 11.4 Å². The van der Waals surface area contributed by atoms with Gasteiger partial charge in [0.2, 0.25) is 5.78 Å². The molecule has 0 amide bonds. The van der Waals surface area contributed by atoms with Crippen LogP contribution < -0.4 is 5.56 Å². The van der Waals surface area contributed by atoms with Gasteiger partial charge < -0.3 is 0 Å². The van der Waals surface area contributed by atoms with Crippen molar-refractivity contribution in [2.24, 2.45) is 0 Å². The first-order chi connectivity index (χ1) is 15.4. The van der Waals surface area contributed by atoms with Crippen LogP contribution in [0.15, 0.2) is 70.6 Å². The fourth-order valence-electron chi connectivity index (χ4n) is 3.73. The maximum atomic E-state index is 13.5. The quantitative estimate of drug-likeness (QED) is 0.318. The van der Waals surface area contributed by atoms with E-state index in [0.29, 0.717) is 27.1 Å². The summed E-state index contributed by atoms with van der Waals surface area (Å²) >= 11 is 7.63. The summed E-state index contributed by atoms with van der Waals surface area (Å²) in [5, 5.41) is 10.3. The van der Waals surface area contributed by atoms with Crippen LogP contribution in [0.3, 0.4) is 0 Å². The monoisotopic (exact) mass is 464 g/mol. The Morgan fingerprint density at radius 1 is 1.03 bits per heavy atom. The molecule has 32 heavy (non-hydrogen) atoms. The lowest BCUT2D eigenvalue weighted by molar-refractivity contribution is 0.627. The number of nitrogens with zero attached hydrogens (tertiary/aromatic N) is 4. The number of fused-ring (bicyclic) bond motifs is 3. The summed E-state index contributed by atoms with van der Waals surface area (Å²) in [6, 6.07) is 17.8. The predicted octanol–water partition coefficient (Wildman–Crippen LogP) is 5.74. The topological polar surface area (TPSA) is 52.2 Å². The average Bonchev–Trinajstić information content (AvgIpc) is 3.19. The molecule has 0 fully saturated rings. The van der Waals surface area contributed by atoms with Crippen LogP contribution in [0.4, 0.5) is 4.39 Å². The van der Waals surface area contributed by atoms with E-state index >= 15 is 0 Å². The third kappa shape index (κ3) is 3.47. The SMILES string of the molecule is Cc1ccc(C)c(-n2c(=O)c3ccccc3n3c(SCc4ccc(F)cc4Cl)nnc23)c1. The highest BCUT2D eigenvalue weighted by Crippen LogP contribution is 2.29. The van der Waals surface area contributed by atoms with Gasteiger partial charge in [0.25, 0.3) is 5.56 Å². The summed E-state index contributed by atoms with van der Waals surface area (Å²) < 4.78 is 16.9. The van der Waals surface area contributed by atoms with Crippen LogP contribution in [-0.2, 0) is 5.75 Å². The zero-order valence-electron chi connectivity index (χ0n) is 17.3. The van der Waals surface area contributed by atoms with Crippen molar-refractivity contribution in [3.8, 4) is 5.69 Å². The molecule has 0 atom stereocenters. The Morgan fingerprint density at radius 2 is 1.84 bits per heavy atom. The largest absolute Gasteiger partial charge is 0.268 e. The fraction of sp³-hybridized carbons (Fsp3) is 0.125. The summed E-state index contributed by atoms with van der Waals surface area (Å²) in [5.41, 5.74) is 4.16. The Bertz CT molecular complexity index is 1560. The summed E-state index contributed by atoms with van der Waals surface area (Å²) in [4.78, 5) is 13.5. The van der Waals surface area contributed by atoms with Gasteiger partial charge in [-0.15, -0.1) is 10.2 Å². The van der Waals surface area contributed by atoms with Crippen LogP contribution in [0.1, 0.15) is 16.7 Å². The summed E-state index contributed by atoms with van der Waals surface area (Å²) in [6.07, 6.45) is 0. The normalized spacial score (nSPS) is 11.5. The van der Waals surface area contributed by atoms with Gasteiger partial charge in [0.15, 0.2) is 5.16 Å². The lowest BCUT2D eigenvalue weighted by Crippen LogP contribution is -2.22. The van der Waals surface area contributed by atoms with Gasteiger partial charge in [0.05, 0.1) is 16.6 Å². The van der Waals surface area contributed by atoms with Crippen LogP contribution in [0.5, 0.6) is 0 Å². The smallest absolute Gasteiger partial charge is 0.267 e. The molecule has 0 spiro atoms. The molecule has 0 bridgehead atoms. The van der Waals surface area contributed by atoms with Gasteiger partial charge in [-0.1, -0.05) is 53.7 Å². The van der Waals surface area contributed by atoms with Crippen molar-refractivity contribution in [3.05, 3.63) is 98.5 Å². The summed E-state index contributed by atoms with van der Waals surface area (Å²) in [6.45, 7) is 3.96. The number of para-hydroxylation sites is 1. The van der Waals surface area contributed by atoms with Gasteiger partial charge in [-0.2, -0.15) is 0 Å². The molecule has 2 heterocycles. The zero-order chi connectivity index (χ0) is 22.4. The maximum absolute atomic E-state index is 13.5. The molecule has 2 aromatic heterocycles. The molecule has 5 aromatic rings. The van der Waals surface area contributed by atoms with E-state index in [4.69, 9.17) is 11.6 Å². The number of hydrogen-bond acceptors (Lipinski definition) is 4. The maximum Gasteiger partial charge on any atom is 0.267 e. The minimum Gasteiger partial charge on any atom is -0.268 e. The van der Waals surface area contributed by atoms with Gasteiger partial charge >= 0.3 is 0 Å². The van der Waals surface area contributed by atoms with Crippen molar-refractivity contribution >= 4 is 40.0 Å². The molecule has 0 radical (unpaired) electrons. The fourth-order valence-corrected chi connectivity index (χ4v) is 4.99. The Labute approximate surface area is 192 Å². The highest BCUT2D eigenvalue weighted by Gasteiger charge is 2.19. The highest BCUT2D eigenvalue weighted by atomic mass is 35.5. The molecule has 0 saturated heterocycles. The number of halogens is 2. The standard InChI is InChI=1S/C24H18ClFN4OS/c1-14-7-8-15(2)21(11-14)29-22(31)18-5-3-4-6-20(18)30-23(29)27-28-24(30)32-13-16-9-10-17(26)12-19(16)25/h3-12H,13H2,1-2H3. The van der Waals surface area contributed by atoms with Crippen LogP contribution in [0.2, 0.25) is 5.02 Å². The van der Waals surface area contributed by atoms with Gasteiger partial charge in [-0.05, 0) is 60.9 Å². The first-order valence-electron chi connectivity index (χ1n) is 9.97. The lowest BCUT2D eigenvalue weighted by Gasteiger charge is -2.14. The zero-order valence-corrected chi connectivity index (χ0v) is 18.9. The number of thioether (sulfide) groups is 1. The molecule has 3 aromatic carbocycles. The molecule has 0 aliphatic carbocycles. The van der Waals surface area contributed by atoms with E-state index in [1.807, 2.05) is 60.7 Å². The van der Waals surface area contributed by atoms with Crippen LogP contribution >= 0.6 is 23.4 Å². The van der Waals surface area contributed by atoms with E-state index in [1.54, 1.807) is 10.6 Å². The molecular formula is C24H18ClFN4OS. The molecule has 0 unspecified atom stereocenters. The van der Waals surface area contributed by atoms with Crippen molar-refractivity contribution in [3.63, 3.8) is 0 Å². The van der Waals surface area contributed by atoms with Crippen molar-refractivity contribution in [2.75, 3.05) is 0 Å². The van der Waals surface area contributed by atoms with Crippen molar-refractivity contribution < 1.29 is 4.39 Å². The minimum atomic E-state index is -0.375. The molecule has 5 nitrogen and oxygen atoms in total. The second-order valence-electron chi connectivity index (χ2n) is 7.59. The van der Waals surface area contributed by atoms with Crippen LogP contribution in [0, 0.1) is 19.7 Å². The Morgan fingerprint density at radius 3 is 2.66 bits per heavy atom. The highest BCUT2D eigenvalue weighted by molar-refractivity contribution is 7.98. The lowest BCUT2D eigenvalue weighted by atomic mass is 10.1. The number of hydrogen-bond donors (Lipinski definition) is 0. The molecule has 0 saturated carbocycles. The van der Waals surface area contributed by atoms with Gasteiger partial charge in [0, 0.05) is 10.8 Å². The van der Waals surface area contributed by atoms with E-state index in [1.165, 1.54) is 23.9 Å². The van der Waals surface area contributed by atoms with Crippen LogP contribution in [-0.4, -0.2) is 19.2 Å². The second-order valence-corrected chi connectivity index (χ2v) is 8.94. The van der Waals surface area contributed by atoms with E-state index in [9.17, 15) is 9.18 Å². The number of rotatable bonds is 4. The molecule has 8 heteroatoms. The summed E-state index contributed by atoms with van der Waals surface area (Å²) in [7, 11) is 0. The Kier molecular flexibility index (Phi) is 5.23. The van der Waals surface area contributed by atoms with Crippen LogP contribution in [0.25, 0.3) is 22.4 Å². The van der Waals surface area contributed by atoms with Gasteiger partial charge in [0.1, 0.15) is 5.82 Å². The Hall–Kier alpha value is -3.16.